The molecular formula is C12H16F3N3O2S. The van der Waals surface area contributed by atoms with Gasteiger partial charge in [0.1, 0.15) is 4.88 Å². The van der Waals surface area contributed by atoms with Gasteiger partial charge in [-0.15, -0.1) is 0 Å². The van der Waals surface area contributed by atoms with Crippen molar-refractivity contribution in [1.82, 2.24) is 9.88 Å². The van der Waals surface area contributed by atoms with Crippen LogP contribution in [0, 0.1) is 0 Å². The van der Waals surface area contributed by atoms with Gasteiger partial charge in [-0.1, -0.05) is 18.3 Å². The van der Waals surface area contributed by atoms with Crippen LogP contribution in [-0.4, -0.2) is 46.1 Å². The van der Waals surface area contributed by atoms with E-state index in [2.05, 4.69) is 10.3 Å². The molecule has 2 N–H and O–H groups in total. The summed E-state index contributed by atoms with van der Waals surface area (Å²) in [5.74, 6) is -0.872. The van der Waals surface area contributed by atoms with Gasteiger partial charge < -0.3 is 10.4 Å². The van der Waals surface area contributed by atoms with E-state index in [1.165, 1.54) is 0 Å². The zero-order valence-electron chi connectivity index (χ0n) is 11.4. The van der Waals surface area contributed by atoms with Crippen LogP contribution in [0.5, 0.6) is 0 Å². The van der Waals surface area contributed by atoms with Gasteiger partial charge in [0.25, 0.3) is 0 Å². The summed E-state index contributed by atoms with van der Waals surface area (Å²) in [6.45, 7) is 2.52. The van der Waals surface area contributed by atoms with E-state index in [0.29, 0.717) is 30.7 Å². The van der Waals surface area contributed by atoms with Crippen molar-refractivity contribution >= 4 is 22.4 Å². The lowest BCUT2D eigenvalue weighted by Crippen LogP contribution is -2.51. The van der Waals surface area contributed by atoms with Crippen LogP contribution in [-0.2, 0) is 11.0 Å². The summed E-state index contributed by atoms with van der Waals surface area (Å²) < 4.78 is 37.4. The molecule has 0 amide bonds. The minimum atomic E-state index is -4.36. The molecule has 0 aromatic carbocycles. The highest BCUT2D eigenvalue weighted by atomic mass is 32.1. The van der Waals surface area contributed by atoms with Crippen LogP contribution < -0.4 is 5.32 Å². The first-order valence-corrected chi connectivity index (χ1v) is 7.36. The SMILES string of the molecule is CCN(CC(=O)O)C1CC(Nc2ncc(C(F)(F)F)s2)C1. The van der Waals surface area contributed by atoms with E-state index in [1.807, 2.05) is 11.8 Å². The van der Waals surface area contributed by atoms with Crippen LogP contribution in [0.25, 0.3) is 0 Å². The average Bonchev–Trinajstić information content (AvgIpc) is 2.78. The number of rotatable bonds is 6. The monoisotopic (exact) mass is 323 g/mol. The number of aliphatic carboxylic acids is 1. The summed E-state index contributed by atoms with van der Waals surface area (Å²) in [4.78, 5) is 15.6. The van der Waals surface area contributed by atoms with Crippen molar-refractivity contribution < 1.29 is 23.1 Å². The standard InChI is InChI=1S/C12H16F3N3O2S/c1-2-18(6-10(19)20)8-3-7(4-8)17-11-16-5-9(21-11)12(13,14)15/h5,7-8H,2-4,6H2,1H3,(H,16,17)(H,19,20). The number of likely N-dealkylation sites (N-methyl/N-ethyl adjacent to an activating group) is 1. The molecule has 118 valence electrons. The van der Waals surface area contributed by atoms with Crippen LogP contribution in [0.4, 0.5) is 18.3 Å². The molecule has 0 bridgehead atoms. The number of hydrogen-bond donors (Lipinski definition) is 2. The zero-order chi connectivity index (χ0) is 15.6. The van der Waals surface area contributed by atoms with E-state index >= 15 is 0 Å². The molecule has 1 fully saturated rings. The molecule has 2 rings (SSSR count). The minimum Gasteiger partial charge on any atom is -0.480 e. The van der Waals surface area contributed by atoms with Crippen molar-refractivity contribution in [2.24, 2.45) is 0 Å². The summed E-state index contributed by atoms with van der Waals surface area (Å²) in [5, 5.41) is 12.0. The maximum absolute atomic E-state index is 12.5. The van der Waals surface area contributed by atoms with Crippen LogP contribution in [0.2, 0.25) is 0 Å². The van der Waals surface area contributed by atoms with E-state index in [1.54, 1.807) is 0 Å². The van der Waals surface area contributed by atoms with Crippen molar-refractivity contribution in [3.05, 3.63) is 11.1 Å². The van der Waals surface area contributed by atoms with Crippen LogP contribution in [0.3, 0.4) is 0 Å². The number of thiazole rings is 1. The number of aromatic nitrogens is 1. The predicted octanol–water partition coefficient (Wildman–Crippen LogP) is 2.51. The maximum atomic E-state index is 12.5. The summed E-state index contributed by atoms with van der Waals surface area (Å²) >= 11 is 0.588. The van der Waals surface area contributed by atoms with E-state index in [-0.39, 0.29) is 23.8 Å². The molecule has 1 aromatic heterocycles. The molecule has 0 unspecified atom stereocenters. The number of halogens is 3. The molecule has 0 radical (unpaired) electrons. The minimum absolute atomic E-state index is 0.0106. The van der Waals surface area contributed by atoms with Gasteiger partial charge >= 0.3 is 12.1 Å². The lowest BCUT2D eigenvalue weighted by molar-refractivity contribution is -0.139. The topological polar surface area (TPSA) is 65.5 Å². The second-order valence-corrected chi connectivity index (χ2v) is 5.98. The van der Waals surface area contributed by atoms with Gasteiger partial charge in [0.05, 0.1) is 12.7 Å². The maximum Gasteiger partial charge on any atom is 0.427 e. The van der Waals surface area contributed by atoms with Crippen molar-refractivity contribution in [3.63, 3.8) is 0 Å². The van der Waals surface area contributed by atoms with E-state index < -0.39 is 17.0 Å². The van der Waals surface area contributed by atoms with Crippen LogP contribution in [0.1, 0.15) is 24.6 Å². The molecule has 0 atom stereocenters. The number of nitrogens with zero attached hydrogens (tertiary/aromatic N) is 2. The normalized spacial score (nSPS) is 22.1. The zero-order valence-corrected chi connectivity index (χ0v) is 12.2. The van der Waals surface area contributed by atoms with Crippen LogP contribution >= 0.6 is 11.3 Å². The number of nitrogens with one attached hydrogen (secondary N) is 1. The highest BCUT2D eigenvalue weighted by molar-refractivity contribution is 7.15. The molecule has 0 saturated heterocycles. The molecule has 0 aliphatic heterocycles. The first-order valence-electron chi connectivity index (χ1n) is 6.55. The third kappa shape index (κ3) is 4.07. The van der Waals surface area contributed by atoms with Gasteiger partial charge in [0, 0.05) is 12.1 Å². The molecule has 5 nitrogen and oxygen atoms in total. The number of alkyl halides is 3. The Balaban J connectivity index is 1.82. The Morgan fingerprint density at radius 1 is 1.57 bits per heavy atom. The average molecular weight is 323 g/mol. The number of hydrogen-bond acceptors (Lipinski definition) is 5. The van der Waals surface area contributed by atoms with Crippen molar-refractivity contribution in [2.75, 3.05) is 18.4 Å². The van der Waals surface area contributed by atoms with Crippen molar-refractivity contribution in [1.29, 1.82) is 0 Å². The number of carbonyl (C=O) groups is 1. The molecule has 21 heavy (non-hydrogen) atoms. The molecule has 1 aliphatic rings. The fourth-order valence-electron chi connectivity index (χ4n) is 2.32. The molecule has 1 aromatic rings. The molecule has 1 heterocycles. The Bertz CT molecular complexity index is 500. The Kier molecular flexibility index (Phi) is 4.72. The summed E-state index contributed by atoms with van der Waals surface area (Å²) in [6.07, 6.45) is -2.11. The van der Waals surface area contributed by atoms with Crippen LogP contribution in [0.15, 0.2) is 6.20 Å². The smallest absolute Gasteiger partial charge is 0.427 e. The Hall–Kier alpha value is -1.35. The van der Waals surface area contributed by atoms with Gasteiger partial charge in [0.2, 0.25) is 0 Å². The van der Waals surface area contributed by atoms with Gasteiger partial charge in [-0.2, -0.15) is 13.2 Å². The summed E-state index contributed by atoms with van der Waals surface area (Å²) in [6, 6.07) is 0.204. The highest BCUT2D eigenvalue weighted by Crippen LogP contribution is 2.36. The van der Waals surface area contributed by atoms with Gasteiger partial charge in [-0.05, 0) is 19.4 Å². The lowest BCUT2D eigenvalue weighted by atomic mass is 9.85. The predicted molar refractivity (Wildman–Crippen MR) is 72.4 cm³/mol. The number of carboxylic acids is 1. The molecule has 1 saturated carbocycles. The van der Waals surface area contributed by atoms with Gasteiger partial charge in [0.15, 0.2) is 5.13 Å². The first kappa shape index (κ1) is 16.0. The molecule has 9 heteroatoms. The third-order valence-electron chi connectivity index (χ3n) is 3.49. The molecular weight excluding hydrogens is 307 g/mol. The Morgan fingerprint density at radius 3 is 2.71 bits per heavy atom. The van der Waals surface area contributed by atoms with Crippen molar-refractivity contribution in [3.8, 4) is 0 Å². The molecule has 0 spiro atoms. The number of anilines is 1. The second-order valence-electron chi connectivity index (χ2n) is 4.95. The van der Waals surface area contributed by atoms with Crippen molar-refractivity contribution in [2.45, 2.75) is 38.0 Å². The van der Waals surface area contributed by atoms with Gasteiger partial charge in [-0.25, -0.2) is 4.98 Å². The largest absolute Gasteiger partial charge is 0.480 e. The van der Waals surface area contributed by atoms with E-state index in [9.17, 15) is 18.0 Å². The fraction of sp³-hybridized carbons (Fsp3) is 0.667. The molecule has 1 aliphatic carbocycles. The fourth-order valence-corrected chi connectivity index (χ4v) is 3.08. The first-order chi connectivity index (χ1) is 9.79. The van der Waals surface area contributed by atoms with Gasteiger partial charge in [-0.3, -0.25) is 9.69 Å². The Morgan fingerprint density at radius 2 is 2.24 bits per heavy atom. The summed E-state index contributed by atoms with van der Waals surface area (Å²) in [7, 11) is 0. The van der Waals surface area contributed by atoms with E-state index in [4.69, 9.17) is 5.11 Å². The Labute approximate surface area is 123 Å². The van der Waals surface area contributed by atoms with E-state index in [0.717, 1.165) is 6.20 Å². The number of carboxylic acid groups (broad SMARTS) is 1. The third-order valence-corrected chi connectivity index (χ3v) is 4.46. The summed E-state index contributed by atoms with van der Waals surface area (Å²) in [5.41, 5.74) is 0. The quantitative estimate of drug-likeness (QED) is 0.842. The second kappa shape index (κ2) is 6.18. The highest BCUT2D eigenvalue weighted by Gasteiger charge is 2.36. The lowest BCUT2D eigenvalue weighted by Gasteiger charge is -2.42.